The number of H-pyrrole nitrogens is 1. The number of aromatic amines is 1. The maximum absolute atomic E-state index is 12.2. The van der Waals surface area contributed by atoms with Gasteiger partial charge in [-0.2, -0.15) is 10.2 Å². The van der Waals surface area contributed by atoms with Gasteiger partial charge in [0, 0.05) is 43.7 Å². The quantitative estimate of drug-likeness (QED) is 0.691. The van der Waals surface area contributed by atoms with Crippen LogP contribution in [0.4, 0.5) is 0 Å². The number of rotatable bonds is 6. The number of hydrogen-bond acceptors (Lipinski definition) is 5. The predicted octanol–water partition coefficient (Wildman–Crippen LogP) is 2.21. The zero-order chi connectivity index (χ0) is 20.4. The van der Waals surface area contributed by atoms with E-state index in [1.165, 1.54) is 4.68 Å². The molecule has 8 heteroatoms. The Bertz CT molecular complexity index is 1020. The number of aryl methyl sites for hydroxylation is 2. The zero-order valence-electron chi connectivity index (χ0n) is 17.3. The number of nitrogens with zero attached hydrogens (tertiary/aromatic N) is 5. The molecule has 1 aliphatic rings. The molecule has 1 aliphatic heterocycles. The summed E-state index contributed by atoms with van der Waals surface area (Å²) in [6.45, 7) is 4.15. The van der Waals surface area contributed by atoms with Gasteiger partial charge in [-0.1, -0.05) is 0 Å². The van der Waals surface area contributed by atoms with Crippen molar-refractivity contribution in [2.45, 2.75) is 45.3 Å². The van der Waals surface area contributed by atoms with Crippen LogP contribution >= 0.6 is 0 Å². The predicted molar refractivity (Wildman–Crippen MR) is 111 cm³/mol. The van der Waals surface area contributed by atoms with Crippen LogP contribution in [-0.2, 0) is 26.6 Å². The summed E-state index contributed by atoms with van der Waals surface area (Å²) < 4.78 is 8.79. The first-order valence-electron chi connectivity index (χ1n) is 10.1. The van der Waals surface area contributed by atoms with Crippen molar-refractivity contribution in [2.75, 3.05) is 13.7 Å². The fraction of sp³-hybridized carbons (Fsp3) is 0.476. The van der Waals surface area contributed by atoms with Crippen LogP contribution in [0.25, 0.3) is 11.3 Å². The molecular weight excluding hydrogens is 368 g/mol. The smallest absolute Gasteiger partial charge is 0.345 e. The van der Waals surface area contributed by atoms with Crippen molar-refractivity contribution < 1.29 is 4.74 Å². The number of ether oxygens (including phenoxy) is 1. The fourth-order valence-corrected chi connectivity index (χ4v) is 4.09. The summed E-state index contributed by atoms with van der Waals surface area (Å²) >= 11 is 0. The van der Waals surface area contributed by atoms with E-state index in [4.69, 9.17) is 4.74 Å². The molecule has 1 atom stereocenters. The lowest BCUT2D eigenvalue weighted by atomic mass is 10.0. The van der Waals surface area contributed by atoms with E-state index >= 15 is 0 Å². The fourth-order valence-electron chi connectivity index (χ4n) is 4.09. The number of fused-ring (bicyclic) bond motifs is 1. The molecule has 154 valence electrons. The minimum absolute atomic E-state index is 0.0177. The third-order valence-corrected chi connectivity index (χ3v) is 5.69. The van der Waals surface area contributed by atoms with Crippen LogP contribution in [0.2, 0.25) is 0 Å². The van der Waals surface area contributed by atoms with E-state index in [0.29, 0.717) is 19.2 Å². The van der Waals surface area contributed by atoms with Gasteiger partial charge in [-0.15, -0.1) is 0 Å². The highest BCUT2D eigenvalue weighted by molar-refractivity contribution is 5.63. The van der Waals surface area contributed by atoms with Gasteiger partial charge < -0.3 is 4.74 Å². The van der Waals surface area contributed by atoms with E-state index in [1.54, 1.807) is 7.05 Å². The second-order valence-electron chi connectivity index (χ2n) is 7.60. The first-order valence-corrected chi connectivity index (χ1v) is 10.1. The molecule has 1 aromatic carbocycles. The molecule has 0 amide bonds. The highest BCUT2D eigenvalue weighted by Crippen LogP contribution is 2.26. The lowest BCUT2D eigenvalue weighted by Crippen LogP contribution is -2.32. The van der Waals surface area contributed by atoms with Gasteiger partial charge in [0.25, 0.3) is 0 Å². The maximum Gasteiger partial charge on any atom is 0.345 e. The van der Waals surface area contributed by atoms with Crippen LogP contribution in [0, 0.1) is 0 Å². The first kappa shape index (κ1) is 19.4. The summed E-state index contributed by atoms with van der Waals surface area (Å²) in [7, 11) is 3.86. The molecule has 1 unspecified atom stereocenters. The first-order chi connectivity index (χ1) is 14.1. The van der Waals surface area contributed by atoms with Crippen molar-refractivity contribution in [2.24, 2.45) is 7.05 Å². The Hall–Kier alpha value is -2.87. The molecule has 3 heterocycles. The molecular formula is C21H28N6O2. The molecule has 0 aliphatic carbocycles. The van der Waals surface area contributed by atoms with Crippen LogP contribution in [0.3, 0.4) is 0 Å². The Morgan fingerprint density at radius 2 is 2.07 bits per heavy atom. The molecule has 0 saturated heterocycles. The number of hydrogen-bond donors (Lipinski definition) is 1. The van der Waals surface area contributed by atoms with E-state index in [1.807, 2.05) is 29.8 Å². The average Bonchev–Trinajstić information content (AvgIpc) is 3.20. The van der Waals surface area contributed by atoms with Gasteiger partial charge in [-0.25, -0.2) is 9.48 Å². The van der Waals surface area contributed by atoms with Crippen molar-refractivity contribution in [1.29, 1.82) is 0 Å². The second-order valence-corrected chi connectivity index (χ2v) is 7.60. The van der Waals surface area contributed by atoms with E-state index in [2.05, 4.69) is 39.4 Å². The van der Waals surface area contributed by atoms with Gasteiger partial charge in [0.15, 0.2) is 0 Å². The highest BCUT2D eigenvalue weighted by Gasteiger charge is 2.23. The molecule has 1 N–H and O–H groups in total. The van der Waals surface area contributed by atoms with Gasteiger partial charge in [0.05, 0.1) is 18.5 Å². The molecule has 29 heavy (non-hydrogen) atoms. The Kier molecular flexibility index (Phi) is 5.53. The molecule has 0 saturated carbocycles. The standard InChI is InChI=1S/C21H28N6O2/c1-4-29-18-8-5-15(6-9-18)20-16(13-22-23-20)14-25(2)17-7-10-19-24-26(3)21(28)27(19)12-11-17/h5-6,8-9,13,17H,4,7,10-12,14H2,1-3H3,(H,22,23). The van der Waals surface area contributed by atoms with Crippen molar-refractivity contribution in [3.8, 4) is 17.0 Å². The monoisotopic (exact) mass is 396 g/mol. The molecule has 0 radical (unpaired) electrons. The Labute approximate surface area is 170 Å². The minimum Gasteiger partial charge on any atom is -0.494 e. The van der Waals surface area contributed by atoms with E-state index in [-0.39, 0.29) is 5.69 Å². The molecule has 2 aromatic heterocycles. The molecule has 0 fully saturated rings. The van der Waals surface area contributed by atoms with Crippen LogP contribution in [0.1, 0.15) is 31.2 Å². The van der Waals surface area contributed by atoms with Crippen LogP contribution < -0.4 is 10.4 Å². The minimum atomic E-state index is -0.0177. The molecule has 8 nitrogen and oxygen atoms in total. The van der Waals surface area contributed by atoms with Crippen molar-refractivity contribution in [1.82, 2.24) is 29.4 Å². The van der Waals surface area contributed by atoms with E-state index in [9.17, 15) is 4.79 Å². The van der Waals surface area contributed by atoms with E-state index < -0.39 is 0 Å². The van der Waals surface area contributed by atoms with Crippen LogP contribution in [0.5, 0.6) is 5.75 Å². The average molecular weight is 396 g/mol. The topological polar surface area (TPSA) is 81.0 Å². The molecule has 3 aromatic rings. The van der Waals surface area contributed by atoms with Gasteiger partial charge in [0.2, 0.25) is 0 Å². The SMILES string of the molecule is CCOc1ccc(-c2[nH]ncc2CN(C)C2CCc3nn(C)c(=O)n3CC2)cc1. The van der Waals surface area contributed by atoms with Gasteiger partial charge in [0.1, 0.15) is 11.6 Å². The van der Waals surface area contributed by atoms with Gasteiger partial charge >= 0.3 is 5.69 Å². The Morgan fingerprint density at radius 1 is 1.28 bits per heavy atom. The maximum atomic E-state index is 12.2. The van der Waals surface area contributed by atoms with Gasteiger partial charge in [-0.05, 0) is 51.1 Å². The zero-order valence-corrected chi connectivity index (χ0v) is 17.3. The lowest BCUT2D eigenvalue weighted by molar-refractivity contribution is 0.210. The van der Waals surface area contributed by atoms with Crippen LogP contribution in [0.15, 0.2) is 35.3 Å². The summed E-state index contributed by atoms with van der Waals surface area (Å²) in [5.41, 5.74) is 3.28. The number of nitrogens with one attached hydrogen (secondary N) is 1. The molecule has 0 spiro atoms. The number of aromatic nitrogens is 5. The normalized spacial score (nSPS) is 16.6. The van der Waals surface area contributed by atoms with E-state index in [0.717, 1.165) is 54.2 Å². The van der Waals surface area contributed by atoms with Gasteiger partial charge in [-0.3, -0.25) is 14.6 Å². The summed E-state index contributed by atoms with van der Waals surface area (Å²) in [4.78, 5) is 14.6. The Balaban J connectivity index is 1.45. The summed E-state index contributed by atoms with van der Waals surface area (Å²) in [6, 6.07) is 8.48. The lowest BCUT2D eigenvalue weighted by Gasteiger charge is -2.26. The third-order valence-electron chi connectivity index (χ3n) is 5.69. The third kappa shape index (κ3) is 3.98. The second kappa shape index (κ2) is 8.24. The highest BCUT2D eigenvalue weighted by atomic mass is 16.5. The van der Waals surface area contributed by atoms with Crippen LogP contribution in [-0.4, -0.2) is 49.1 Å². The largest absolute Gasteiger partial charge is 0.494 e. The molecule has 0 bridgehead atoms. The summed E-state index contributed by atoms with van der Waals surface area (Å²) in [6.07, 6.45) is 4.65. The summed E-state index contributed by atoms with van der Waals surface area (Å²) in [5, 5.41) is 11.8. The van der Waals surface area contributed by atoms with Crippen molar-refractivity contribution in [3.63, 3.8) is 0 Å². The van der Waals surface area contributed by atoms with Crippen molar-refractivity contribution >= 4 is 0 Å². The number of benzene rings is 1. The Morgan fingerprint density at radius 3 is 2.83 bits per heavy atom. The summed E-state index contributed by atoms with van der Waals surface area (Å²) in [5.74, 6) is 1.77. The molecule has 4 rings (SSSR count). The van der Waals surface area contributed by atoms with Crippen molar-refractivity contribution in [3.05, 3.63) is 52.3 Å².